The van der Waals surface area contributed by atoms with Crippen molar-refractivity contribution in [3.63, 3.8) is 0 Å². The normalized spacial score (nSPS) is 16.8. The van der Waals surface area contributed by atoms with Crippen LogP contribution in [0.3, 0.4) is 0 Å². The summed E-state index contributed by atoms with van der Waals surface area (Å²) in [5, 5.41) is 13.8. The molecule has 1 amide bonds. The van der Waals surface area contributed by atoms with E-state index in [0.717, 1.165) is 25.7 Å². The molecule has 0 spiro atoms. The van der Waals surface area contributed by atoms with Crippen LogP contribution in [0.2, 0.25) is 5.02 Å². The van der Waals surface area contributed by atoms with E-state index in [0.29, 0.717) is 29.5 Å². The Bertz CT molecular complexity index is 516. The van der Waals surface area contributed by atoms with Crippen molar-refractivity contribution in [3.8, 4) is 0 Å². The molecular formula is C15H22ClN3O2. The molecule has 116 valence electrons. The third-order valence-electron chi connectivity index (χ3n) is 3.84. The lowest BCUT2D eigenvalue weighted by Gasteiger charge is -2.28. The van der Waals surface area contributed by atoms with Gasteiger partial charge in [0.15, 0.2) is 0 Å². The zero-order valence-corrected chi connectivity index (χ0v) is 13.3. The molecule has 0 radical (unpaired) electrons. The number of nitrogens with one attached hydrogen (secondary N) is 1. The van der Waals surface area contributed by atoms with Crippen molar-refractivity contribution in [1.29, 1.82) is 0 Å². The summed E-state index contributed by atoms with van der Waals surface area (Å²) in [4.78, 5) is 18.1. The highest BCUT2D eigenvalue weighted by atomic mass is 35.5. The predicted molar refractivity (Wildman–Crippen MR) is 83.8 cm³/mol. The van der Waals surface area contributed by atoms with E-state index in [1.54, 1.807) is 18.0 Å². The molecule has 1 aliphatic carbocycles. The minimum atomic E-state index is -0.745. The molecule has 0 aliphatic heterocycles. The van der Waals surface area contributed by atoms with Crippen LogP contribution in [0.4, 0.5) is 5.82 Å². The fourth-order valence-corrected chi connectivity index (χ4v) is 3.01. The van der Waals surface area contributed by atoms with Gasteiger partial charge in [0.1, 0.15) is 5.82 Å². The Morgan fingerprint density at radius 3 is 2.76 bits per heavy atom. The third-order valence-corrected chi connectivity index (χ3v) is 4.13. The summed E-state index contributed by atoms with van der Waals surface area (Å²) in [7, 11) is 1.70. The average molecular weight is 312 g/mol. The van der Waals surface area contributed by atoms with E-state index in [1.165, 1.54) is 6.20 Å². The Morgan fingerprint density at radius 1 is 1.52 bits per heavy atom. The van der Waals surface area contributed by atoms with Crippen molar-refractivity contribution in [2.75, 3.05) is 25.5 Å². The molecule has 1 aromatic rings. The zero-order chi connectivity index (χ0) is 15.5. The fourth-order valence-electron chi connectivity index (χ4n) is 2.78. The molecule has 0 saturated heterocycles. The molecule has 1 aromatic heterocycles. The van der Waals surface area contributed by atoms with Crippen LogP contribution in [0.15, 0.2) is 12.3 Å². The standard InChI is InChI=1S/C15H22ClN3O2/c1-3-17-13-12(16)8-11(9-18-13)14(20)19(2)10-15(21)6-4-5-7-15/h8-9,21H,3-7,10H2,1-2H3,(H,17,18). The van der Waals surface area contributed by atoms with Crippen molar-refractivity contribution >= 4 is 23.3 Å². The summed E-state index contributed by atoms with van der Waals surface area (Å²) in [6.07, 6.45) is 5.06. The van der Waals surface area contributed by atoms with Gasteiger partial charge in [-0.25, -0.2) is 4.98 Å². The lowest BCUT2D eigenvalue weighted by Crippen LogP contribution is -2.42. The van der Waals surface area contributed by atoms with Crippen molar-refractivity contribution in [1.82, 2.24) is 9.88 Å². The van der Waals surface area contributed by atoms with E-state index in [1.807, 2.05) is 6.92 Å². The van der Waals surface area contributed by atoms with Gasteiger partial charge in [0.2, 0.25) is 0 Å². The second-order valence-electron chi connectivity index (χ2n) is 5.68. The van der Waals surface area contributed by atoms with Crippen molar-refractivity contribution in [2.24, 2.45) is 0 Å². The monoisotopic (exact) mass is 311 g/mol. The van der Waals surface area contributed by atoms with Crippen molar-refractivity contribution in [2.45, 2.75) is 38.2 Å². The van der Waals surface area contributed by atoms with Gasteiger partial charge in [-0.3, -0.25) is 4.79 Å². The first-order valence-electron chi connectivity index (χ1n) is 7.32. The molecule has 21 heavy (non-hydrogen) atoms. The summed E-state index contributed by atoms with van der Waals surface area (Å²) in [6.45, 7) is 3.01. The molecule has 0 atom stereocenters. The maximum Gasteiger partial charge on any atom is 0.255 e. The molecule has 0 unspecified atom stereocenters. The summed E-state index contributed by atoms with van der Waals surface area (Å²) in [6, 6.07) is 1.62. The molecule has 6 heteroatoms. The van der Waals surface area contributed by atoms with E-state index >= 15 is 0 Å². The van der Waals surface area contributed by atoms with Crippen LogP contribution in [0.1, 0.15) is 43.0 Å². The Labute approximate surface area is 130 Å². The predicted octanol–water partition coefficient (Wildman–Crippen LogP) is 2.54. The Kier molecular flexibility index (Phi) is 5.06. The number of anilines is 1. The number of hydrogen-bond acceptors (Lipinski definition) is 4. The minimum absolute atomic E-state index is 0.173. The van der Waals surface area contributed by atoms with Crippen molar-refractivity contribution in [3.05, 3.63) is 22.8 Å². The van der Waals surface area contributed by atoms with Crippen molar-refractivity contribution < 1.29 is 9.90 Å². The van der Waals surface area contributed by atoms with Gasteiger partial charge in [-0.05, 0) is 25.8 Å². The number of nitrogens with zero attached hydrogens (tertiary/aromatic N) is 2. The van der Waals surface area contributed by atoms with Crippen LogP contribution in [-0.4, -0.2) is 46.6 Å². The molecule has 5 nitrogen and oxygen atoms in total. The number of amides is 1. The van der Waals surface area contributed by atoms with Gasteiger partial charge < -0.3 is 15.3 Å². The third kappa shape index (κ3) is 3.86. The second-order valence-corrected chi connectivity index (χ2v) is 6.08. The van der Waals surface area contributed by atoms with Gasteiger partial charge in [0, 0.05) is 26.3 Å². The van der Waals surface area contributed by atoms with E-state index in [9.17, 15) is 9.90 Å². The molecule has 2 N–H and O–H groups in total. The highest BCUT2D eigenvalue weighted by Crippen LogP contribution is 2.30. The van der Waals surface area contributed by atoms with Gasteiger partial charge in [-0.1, -0.05) is 24.4 Å². The number of carbonyl (C=O) groups is 1. The molecule has 2 rings (SSSR count). The SMILES string of the molecule is CCNc1ncc(C(=O)N(C)CC2(O)CCCC2)cc1Cl. The molecule has 0 bridgehead atoms. The first-order valence-corrected chi connectivity index (χ1v) is 7.70. The Hall–Kier alpha value is -1.33. The first-order chi connectivity index (χ1) is 9.95. The Morgan fingerprint density at radius 2 is 2.19 bits per heavy atom. The van der Waals surface area contributed by atoms with Crippen LogP contribution < -0.4 is 5.32 Å². The van der Waals surface area contributed by atoms with E-state index < -0.39 is 5.60 Å². The summed E-state index contributed by atoms with van der Waals surface area (Å²) in [5.74, 6) is 0.403. The van der Waals surface area contributed by atoms with Gasteiger partial charge in [0.25, 0.3) is 5.91 Å². The highest BCUT2D eigenvalue weighted by molar-refractivity contribution is 6.33. The quantitative estimate of drug-likeness (QED) is 0.877. The van der Waals surface area contributed by atoms with Crippen LogP contribution in [0.25, 0.3) is 0 Å². The zero-order valence-electron chi connectivity index (χ0n) is 12.5. The molecule has 1 saturated carbocycles. The topological polar surface area (TPSA) is 65.5 Å². The highest BCUT2D eigenvalue weighted by Gasteiger charge is 2.33. The van der Waals surface area contributed by atoms with Gasteiger partial charge in [-0.2, -0.15) is 0 Å². The largest absolute Gasteiger partial charge is 0.388 e. The number of rotatable bonds is 5. The summed E-state index contributed by atoms with van der Waals surface area (Å²) >= 11 is 6.11. The number of likely N-dealkylation sites (N-methyl/N-ethyl adjacent to an activating group) is 1. The fraction of sp³-hybridized carbons (Fsp3) is 0.600. The van der Waals surface area contributed by atoms with E-state index in [2.05, 4.69) is 10.3 Å². The van der Waals surface area contributed by atoms with Gasteiger partial charge in [0.05, 0.1) is 16.2 Å². The molecule has 1 heterocycles. The number of aliphatic hydroxyl groups is 1. The van der Waals surface area contributed by atoms with Crippen LogP contribution in [0, 0.1) is 0 Å². The summed E-state index contributed by atoms with van der Waals surface area (Å²) in [5.41, 5.74) is -0.309. The number of aromatic nitrogens is 1. The lowest BCUT2D eigenvalue weighted by molar-refractivity contribution is 0.0156. The second kappa shape index (κ2) is 6.62. The average Bonchev–Trinajstić information content (AvgIpc) is 2.86. The van der Waals surface area contributed by atoms with Crippen LogP contribution >= 0.6 is 11.6 Å². The maximum atomic E-state index is 12.4. The number of pyridine rings is 1. The molecule has 1 aliphatic rings. The lowest BCUT2D eigenvalue weighted by atomic mass is 10.0. The maximum absolute atomic E-state index is 12.4. The molecular weight excluding hydrogens is 290 g/mol. The van der Waals surface area contributed by atoms with E-state index in [4.69, 9.17) is 11.6 Å². The van der Waals surface area contributed by atoms with Crippen LogP contribution in [0.5, 0.6) is 0 Å². The number of hydrogen-bond donors (Lipinski definition) is 2. The number of carbonyl (C=O) groups excluding carboxylic acids is 1. The van der Waals surface area contributed by atoms with E-state index in [-0.39, 0.29) is 5.91 Å². The minimum Gasteiger partial charge on any atom is -0.388 e. The summed E-state index contributed by atoms with van der Waals surface area (Å²) < 4.78 is 0. The van der Waals surface area contributed by atoms with Gasteiger partial charge in [-0.15, -0.1) is 0 Å². The number of halogens is 1. The molecule has 0 aromatic carbocycles. The smallest absolute Gasteiger partial charge is 0.255 e. The van der Waals surface area contributed by atoms with Gasteiger partial charge >= 0.3 is 0 Å². The van der Waals surface area contributed by atoms with Crippen LogP contribution in [-0.2, 0) is 0 Å². The molecule has 1 fully saturated rings. The Balaban J connectivity index is 2.06. The first kappa shape index (κ1) is 16.0.